The third kappa shape index (κ3) is 3.87. The van der Waals surface area contributed by atoms with Gasteiger partial charge in [-0.2, -0.15) is 0 Å². The zero-order valence-corrected chi connectivity index (χ0v) is 12.5. The molecule has 5 nitrogen and oxygen atoms in total. The lowest BCUT2D eigenvalue weighted by atomic mass is 9.92. The minimum atomic E-state index is -0.840. The Morgan fingerprint density at radius 3 is 2.15 bits per heavy atom. The van der Waals surface area contributed by atoms with E-state index in [9.17, 15) is 9.59 Å². The van der Waals surface area contributed by atoms with Crippen molar-refractivity contribution in [3.63, 3.8) is 0 Å². The first-order valence-electron chi connectivity index (χ1n) is 7.74. The number of carboxylic acid groups (broad SMARTS) is 1. The molecule has 20 heavy (non-hydrogen) atoms. The van der Waals surface area contributed by atoms with Crippen LogP contribution in [-0.4, -0.2) is 41.6 Å². The number of aliphatic carboxylic acids is 1. The highest BCUT2D eigenvalue weighted by atomic mass is 16.4. The Balaban J connectivity index is 1.73. The molecule has 0 spiro atoms. The van der Waals surface area contributed by atoms with Gasteiger partial charge in [0.05, 0.1) is 5.92 Å². The van der Waals surface area contributed by atoms with Gasteiger partial charge in [0.2, 0.25) is 0 Å². The molecule has 2 amide bonds. The predicted molar refractivity (Wildman–Crippen MR) is 76.4 cm³/mol. The van der Waals surface area contributed by atoms with Crippen molar-refractivity contribution in [3.05, 3.63) is 0 Å². The highest BCUT2D eigenvalue weighted by Gasteiger charge is 2.34. The number of carbonyl (C=O) groups excluding carboxylic acids is 1. The number of nitrogens with one attached hydrogen (secondary N) is 1. The second kappa shape index (κ2) is 6.46. The molecular formula is C15H26N2O3. The fourth-order valence-corrected chi connectivity index (χ4v) is 3.06. The Morgan fingerprint density at radius 1 is 1.15 bits per heavy atom. The summed E-state index contributed by atoms with van der Waals surface area (Å²) in [6, 6.07) is -0.105. The molecule has 0 aromatic rings. The Hall–Kier alpha value is -1.26. The molecule has 1 aliphatic carbocycles. The molecule has 1 saturated carbocycles. The number of piperidine rings is 1. The Kier molecular flexibility index (Phi) is 4.89. The van der Waals surface area contributed by atoms with Gasteiger partial charge in [0.15, 0.2) is 0 Å². The van der Waals surface area contributed by atoms with Gasteiger partial charge in [-0.05, 0) is 43.4 Å². The third-order valence-electron chi connectivity index (χ3n) is 4.71. The van der Waals surface area contributed by atoms with Crippen LogP contribution in [0.15, 0.2) is 0 Å². The van der Waals surface area contributed by atoms with Gasteiger partial charge in [-0.25, -0.2) is 4.79 Å². The lowest BCUT2D eigenvalue weighted by molar-refractivity contribution is -0.142. The molecule has 2 fully saturated rings. The van der Waals surface area contributed by atoms with Crippen LogP contribution >= 0.6 is 0 Å². The molecule has 0 radical (unpaired) electrons. The molecule has 1 unspecified atom stereocenters. The van der Waals surface area contributed by atoms with E-state index in [1.165, 1.54) is 12.8 Å². The van der Waals surface area contributed by atoms with Crippen LogP contribution in [0.3, 0.4) is 0 Å². The SMILES string of the molecule is CC(C)C(CNC(=O)N1CCC(C2CC2)CC1)C(=O)O. The van der Waals surface area contributed by atoms with Crippen molar-refractivity contribution >= 4 is 12.0 Å². The lowest BCUT2D eigenvalue weighted by Crippen LogP contribution is -2.47. The third-order valence-corrected chi connectivity index (χ3v) is 4.71. The molecule has 0 aromatic carbocycles. The summed E-state index contributed by atoms with van der Waals surface area (Å²) in [5.41, 5.74) is 0. The molecule has 2 rings (SSSR count). The zero-order valence-electron chi connectivity index (χ0n) is 12.5. The quantitative estimate of drug-likeness (QED) is 0.812. The van der Waals surface area contributed by atoms with Gasteiger partial charge in [0.1, 0.15) is 0 Å². The monoisotopic (exact) mass is 282 g/mol. The number of urea groups is 1. The lowest BCUT2D eigenvalue weighted by Gasteiger charge is -2.32. The molecule has 114 valence electrons. The second-order valence-electron chi connectivity index (χ2n) is 6.54. The summed E-state index contributed by atoms with van der Waals surface area (Å²) in [4.78, 5) is 25.0. The van der Waals surface area contributed by atoms with Gasteiger partial charge in [-0.3, -0.25) is 4.79 Å². The van der Waals surface area contributed by atoms with Gasteiger partial charge >= 0.3 is 12.0 Å². The van der Waals surface area contributed by atoms with Crippen molar-refractivity contribution in [3.8, 4) is 0 Å². The molecule has 0 aromatic heterocycles. The highest BCUT2D eigenvalue weighted by Crippen LogP contribution is 2.41. The Morgan fingerprint density at radius 2 is 1.70 bits per heavy atom. The molecular weight excluding hydrogens is 256 g/mol. The fraction of sp³-hybridized carbons (Fsp3) is 0.867. The van der Waals surface area contributed by atoms with Crippen molar-refractivity contribution in [2.24, 2.45) is 23.7 Å². The number of carbonyl (C=O) groups is 2. The first kappa shape index (κ1) is 15.1. The standard InChI is InChI=1S/C15H26N2O3/c1-10(2)13(14(18)19)9-16-15(20)17-7-5-12(6-8-17)11-3-4-11/h10-13H,3-9H2,1-2H3,(H,16,20)(H,18,19). The van der Waals surface area contributed by atoms with E-state index in [1.807, 2.05) is 18.7 Å². The number of nitrogens with zero attached hydrogens (tertiary/aromatic N) is 1. The molecule has 1 saturated heterocycles. The van der Waals surface area contributed by atoms with Gasteiger partial charge in [0, 0.05) is 19.6 Å². The summed E-state index contributed by atoms with van der Waals surface area (Å²) in [6.07, 6.45) is 4.94. The first-order chi connectivity index (χ1) is 9.49. The molecule has 1 atom stereocenters. The van der Waals surface area contributed by atoms with Crippen LogP contribution in [0.1, 0.15) is 39.5 Å². The van der Waals surface area contributed by atoms with E-state index in [-0.39, 0.29) is 18.5 Å². The van der Waals surface area contributed by atoms with Crippen LogP contribution in [0.25, 0.3) is 0 Å². The number of carboxylic acids is 1. The average Bonchev–Trinajstić information content (AvgIpc) is 3.22. The van der Waals surface area contributed by atoms with E-state index in [1.54, 1.807) is 0 Å². The normalized spacial score (nSPS) is 21.9. The first-order valence-corrected chi connectivity index (χ1v) is 7.74. The number of likely N-dealkylation sites (tertiary alicyclic amines) is 1. The molecule has 1 heterocycles. The van der Waals surface area contributed by atoms with Crippen LogP contribution in [0, 0.1) is 23.7 Å². The van der Waals surface area contributed by atoms with Crippen LogP contribution in [0.5, 0.6) is 0 Å². The number of hydrogen-bond donors (Lipinski definition) is 2. The summed E-state index contributed by atoms with van der Waals surface area (Å²) < 4.78 is 0. The van der Waals surface area contributed by atoms with Crippen molar-refractivity contribution < 1.29 is 14.7 Å². The minimum absolute atomic E-state index is 0.0217. The summed E-state index contributed by atoms with van der Waals surface area (Å²) in [7, 11) is 0. The van der Waals surface area contributed by atoms with E-state index in [2.05, 4.69) is 5.32 Å². The van der Waals surface area contributed by atoms with Crippen molar-refractivity contribution in [2.45, 2.75) is 39.5 Å². The van der Waals surface area contributed by atoms with Crippen LogP contribution in [0.2, 0.25) is 0 Å². The summed E-state index contributed by atoms with van der Waals surface area (Å²) in [5, 5.41) is 11.9. The van der Waals surface area contributed by atoms with Crippen molar-refractivity contribution in [1.29, 1.82) is 0 Å². The zero-order chi connectivity index (χ0) is 14.7. The van der Waals surface area contributed by atoms with E-state index in [4.69, 9.17) is 5.11 Å². The second-order valence-corrected chi connectivity index (χ2v) is 6.54. The molecule has 2 aliphatic rings. The topological polar surface area (TPSA) is 69.6 Å². The smallest absolute Gasteiger partial charge is 0.317 e. The summed E-state index contributed by atoms with van der Waals surface area (Å²) >= 11 is 0. The van der Waals surface area contributed by atoms with Gasteiger partial charge < -0.3 is 15.3 Å². The van der Waals surface area contributed by atoms with Crippen molar-refractivity contribution in [1.82, 2.24) is 10.2 Å². The van der Waals surface area contributed by atoms with Crippen LogP contribution in [0.4, 0.5) is 4.79 Å². The fourth-order valence-electron chi connectivity index (χ4n) is 3.06. The van der Waals surface area contributed by atoms with E-state index >= 15 is 0 Å². The Bertz CT molecular complexity index is 358. The van der Waals surface area contributed by atoms with Gasteiger partial charge in [-0.1, -0.05) is 13.8 Å². The number of hydrogen-bond acceptors (Lipinski definition) is 2. The molecule has 0 bridgehead atoms. The average molecular weight is 282 g/mol. The maximum atomic E-state index is 12.1. The van der Waals surface area contributed by atoms with Crippen molar-refractivity contribution in [2.75, 3.05) is 19.6 Å². The van der Waals surface area contributed by atoms with E-state index in [0.717, 1.165) is 37.8 Å². The number of rotatable bonds is 5. The van der Waals surface area contributed by atoms with Gasteiger partial charge in [-0.15, -0.1) is 0 Å². The highest BCUT2D eigenvalue weighted by molar-refractivity contribution is 5.76. The Labute approximate surface area is 120 Å². The largest absolute Gasteiger partial charge is 0.481 e. The van der Waals surface area contributed by atoms with Crippen LogP contribution < -0.4 is 5.32 Å². The summed E-state index contributed by atoms with van der Waals surface area (Å²) in [5.74, 6) is 0.392. The van der Waals surface area contributed by atoms with Crippen LogP contribution in [-0.2, 0) is 4.79 Å². The maximum absolute atomic E-state index is 12.1. The van der Waals surface area contributed by atoms with E-state index in [0.29, 0.717) is 0 Å². The molecule has 1 aliphatic heterocycles. The number of amides is 2. The van der Waals surface area contributed by atoms with E-state index < -0.39 is 11.9 Å². The minimum Gasteiger partial charge on any atom is -0.481 e. The summed E-state index contributed by atoms with van der Waals surface area (Å²) in [6.45, 7) is 5.57. The predicted octanol–water partition coefficient (Wildman–Crippen LogP) is 2.17. The molecule has 2 N–H and O–H groups in total. The molecule has 5 heteroatoms. The van der Waals surface area contributed by atoms with Gasteiger partial charge in [0.25, 0.3) is 0 Å². The maximum Gasteiger partial charge on any atom is 0.317 e.